The minimum atomic E-state index is -1.22. The van der Waals surface area contributed by atoms with Gasteiger partial charge >= 0.3 is 35.0 Å². The number of allylic oxidation sites excluding steroid dienone is 3. The number of carbonyl (C=O) groups excluding carboxylic acids is 3. The van der Waals surface area contributed by atoms with Crippen molar-refractivity contribution in [3.8, 4) is 0 Å². The van der Waals surface area contributed by atoms with Crippen LogP contribution in [0.2, 0.25) is 0 Å². The minimum Gasteiger partial charge on any atom is -0.657 e. The first-order valence-corrected chi connectivity index (χ1v) is 24.0. The third-order valence-electron chi connectivity index (χ3n) is 14.2. The Labute approximate surface area is 404 Å². The number of rotatable bonds is 20. The van der Waals surface area contributed by atoms with Gasteiger partial charge < -0.3 is 19.4 Å². The molecule has 0 fully saturated rings. The van der Waals surface area contributed by atoms with Crippen LogP contribution in [0, 0.1) is 31.6 Å². The second-order valence-electron chi connectivity index (χ2n) is 19.4. The molecular weight excluding hydrogens is 821 g/mol. The smallest absolute Gasteiger partial charge is 0.657 e. The number of hydrogen-bond donors (Lipinski definition) is 0. The number of hydrogen-bond acceptors (Lipinski definition) is 7. The molecule has 3 aliphatic rings. The van der Waals surface area contributed by atoms with Crippen molar-refractivity contribution in [3.05, 3.63) is 87.0 Å². The Bertz CT molecular complexity index is 2490. The summed E-state index contributed by atoms with van der Waals surface area (Å²) in [6.45, 7) is 26.0. The minimum absolute atomic E-state index is 0. The van der Waals surface area contributed by atoms with Crippen molar-refractivity contribution >= 4 is 80.1 Å². The van der Waals surface area contributed by atoms with Gasteiger partial charge in [0.25, 0.3) is 0 Å². The number of esters is 2. The molecule has 0 N–H and O–H groups in total. The number of fused-ring (bicyclic) bond motifs is 8. The van der Waals surface area contributed by atoms with Gasteiger partial charge in [0.2, 0.25) is 0 Å². The van der Waals surface area contributed by atoms with E-state index >= 15 is 0 Å². The maximum Gasteiger partial charge on any atom is 2.00 e. The molecule has 5 atom stereocenters. The molecule has 10 heteroatoms. The molecular formula is C55H72MgN4O5. The van der Waals surface area contributed by atoms with Gasteiger partial charge in [-0.15, -0.1) is 22.1 Å². The predicted molar refractivity (Wildman–Crippen MR) is 266 cm³/mol. The molecule has 3 aromatic heterocycles. The van der Waals surface area contributed by atoms with Crippen LogP contribution in [0.15, 0.2) is 36.4 Å². The Balaban J connectivity index is 0.00000793. The molecule has 0 radical (unpaired) electrons. The van der Waals surface area contributed by atoms with E-state index in [0.717, 1.165) is 81.5 Å². The van der Waals surface area contributed by atoms with Gasteiger partial charge in [0.15, 0.2) is 5.78 Å². The normalized spacial score (nSPS) is 17.9. The zero-order valence-corrected chi connectivity index (χ0v) is 42.7. The molecule has 0 aromatic carbocycles. The van der Waals surface area contributed by atoms with E-state index in [1.165, 1.54) is 57.6 Å². The van der Waals surface area contributed by atoms with Crippen molar-refractivity contribution in [3.63, 3.8) is 0 Å². The SMILES string of the molecule is C=Cc1c(C)c2cc3nc(c4c5[n-]c(cc6nc(cc1[n-]2)C(C)=C6CC)c(C)c5C(=O)C4C(=O)OC)C(CCC(=O)OC/C=C(\C)CCCC(C)CCCC(C)CCCC(C)C)C3C.[Mg+2]. The molecule has 8 bridgehead atoms. The number of aromatic nitrogens is 4. The van der Waals surface area contributed by atoms with Crippen LogP contribution in [0.1, 0.15) is 206 Å². The van der Waals surface area contributed by atoms with E-state index in [-0.39, 0.29) is 59.7 Å². The van der Waals surface area contributed by atoms with Gasteiger partial charge in [0.05, 0.1) is 18.5 Å². The third kappa shape index (κ3) is 11.6. The molecule has 0 spiro atoms. The van der Waals surface area contributed by atoms with E-state index in [0.29, 0.717) is 45.8 Å². The van der Waals surface area contributed by atoms with E-state index < -0.39 is 11.9 Å². The summed E-state index contributed by atoms with van der Waals surface area (Å²) in [5.41, 5.74) is 12.3. The average molecular weight is 894 g/mol. The van der Waals surface area contributed by atoms with Crippen molar-refractivity contribution in [1.29, 1.82) is 0 Å². The quantitative estimate of drug-likeness (QED) is 0.0472. The van der Waals surface area contributed by atoms with Crippen LogP contribution in [-0.4, -0.2) is 64.5 Å². The van der Waals surface area contributed by atoms with Crippen molar-refractivity contribution in [2.75, 3.05) is 13.7 Å². The molecule has 0 saturated carbocycles. The zero-order valence-electron chi connectivity index (χ0n) is 41.3. The van der Waals surface area contributed by atoms with Crippen LogP contribution < -0.4 is 9.97 Å². The third-order valence-corrected chi connectivity index (χ3v) is 14.2. The maximum atomic E-state index is 14.4. The first-order chi connectivity index (χ1) is 30.6. The first-order valence-electron chi connectivity index (χ1n) is 24.0. The molecule has 1 aliphatic carbocycles. The Morgan fingerprint density at radius 3 is 2.15 bits per heavy atom. The number of carbonyl (C=O) groups is 3. The van der Waals surface area contributed by atoms with E-state index in [1.807, 2.05) is 44.2 Å². The molecule has 344 valence electrons. The molecule has 3 aromatic rings. The van der Waals surface area contributed by atoms with Crippen LogP contribution in [0.4, 0.5) is 0 Å². The van der Waals surface area contributed by atoms with Crippen LogP contribution in [0.25, 0.3) is 39.3 Å². The molecule has 5 unspecified atom stereocenters. The monoisotopic (exact) mass is 893 g/mol. The number of ether oxygens (including phenoxy) is 2. The van der Waals surface area contributed by atoms with Gasteiger partial charge in [-0.3, -0.25) is 19.4 Å². The summed E-state index contributed by atoms with van der Waals surface area (Å²) < 4.78 is 11.0. The second-order valence-corrected chi connectivity index (χ2v) is 19.4. The van der Waals surface area contributed by atoms with Crippen LogP contribution in [0.3, 0.4) is 0 Å². The largest absolute Gasteiger partial charge is 2.00 e. The van der Waals surface area contributed by atoms with Crippen LogP contribution in [-0.2, 0) is 19.1 Å². The summed E-state index contributed by atoms with van der Waals surface area (Å²) in [6.07, 6.45) is 16.4. The van der Waals surface area contributed by atoms with Crippen LogP contribution >= 0.6 is 0 Å². The van der Waals surface area contributed by atoms with Gasteiger partial charge in [-0.05, 0) is 99.5 Å². The fraction of sp³-hybridized carbons (Fsp3) is 0.545. The molecule has 2 aliphatic heterocycles. The summed E-state index contributed by atoms with van der Waals surface area (Å²) in [4.78, 5) is 61.8. The van der Waals surface area contributed by atoms with E-state index in [9.17, 15) is 14.4 Å². The molecule has 65 heavy (non-hydrogen) atoms. The van der Waals surface area contributed by atoms with Gasteiger partial charge in [0.1, 0.15) is 12.5 Å². The van der Waals surface area contributed by atoms with Gasteiger partial charge in [-0.25, -0.2) is 4.98 Å². The Morgan fingerprint density at radius 1 is 0.862 bits per heavy atom. The summed E-state index contributed by atoms with van der Waals surface area (Å²) in [6, 6.07) is 5.95. The van der Waals surface area contributed by atoms with Crippen molar-refractivity contribution in [2.45, 2.75) is 164 Å². The summed E-state index contributed by atoms with van der Waals surface area (Å²) in [7, 11) is 1.30. The topological polar surface area (TPSA) is 124 Å². The fourth-order valence-corrected chi connectivity index (χ4v) is 10.1. The molecule has 5 heterocycles. The second kappa shape index (κ2) is 22.9. The van der Waals surface area contributed by atoms with E-state index in [4.69, 9.17) is 29.4 Å². The average Bonchev–Trinajstić information content (AvgIpc) is 3.99. The Kier molecular flexibility index (Phi) is 18.3. The first kappa shape index (κ1) is 51.7. The summed E-state index contributed by atoms with van der Waals surface area (Å²) in [5, 5.41) is 0. The summed E-state index contributed by atoms with van der Waals surface area (Å²) >= 11 is 0. The van der Waals surface area contributed by atoms with Crippen molar-refractivity contribution < 1.29 is 23.9 Å². The molecule has 6 rings (SSSR count). The molecule has 0 saturated heterocycles. The molecule has 9 nitrogen and oxygen atoms in total. The van der Waals surface area contributed by atoms with Gasteiger partial charge in [-0.2, -0.15) is 0 Å². The van der Waals surface area contributed by atoms with Crippen molar-refractivity contribution in [1.82, 2.24) is 19.9 Å². The molecule has 0 amide bonds. The maximum absolute atomic E-state index is 14.4. The number of nitrogens with zero attached hydrogens (tertiary/aromatic N) is 4. The summed E-state index contributed by atoms with van der Waals surface area (Å²) in [5.74, 6) is -0.711. The predicted octanol–water partition coefficient (Wildman–Crippen LogP) is 12.8. The Morgan fingerprint density at radius 2 is 1.51 bits per heavy atom. The Hall–Kier alpha value is -4.28. The number of aryl methyl sites for hydroxylation is 2. The van der Waals surface area contributed by atoms with E-state index in [1.54, 1.807) is 0 Å². The number of ketones is 1. The zero-order chi connectivity index (χ0) is 46.4. The van der Waals surface area contributed by atoms with E-state index in [2.05, 4.69) is 62.0 Å². The fourth-order valence-electron chi connectivity index (χ4n) is 10.1. The standard InChI is InChI=1S/C55H73N4O5.Mg/c1-13-39-35(8)42-28-44-37(10)41(24-25-48(60)64-27-26-34(7)23-17-22-33(6)21-16-20-32(5)19-15-18-31(3)4)52(58-44)50-51(55(62)63-12)54(61)49-38(11)45(59-53(49)50)30-47-40(14-2)36(9)43(57-47)29-46(39)56-42;/h13,26,28-33,37,41,51H,1,14-25,27H2,2-12H3,(H-,56,57,58,59,61);/q-1;+2/p-1/b34-26+;. The number of Topliss-reactive ketones (excluding diaryl/α,β-unsaturated/α-hetero) is 1. The van der Waals surface area contributed by atoms with Crippen molar-refractivity contribution in [2.24, 2.45) is 17.8 Å². The van der Waals surface area contributed by atoms with Gasteiger partial charge in [-0.1, -0.05) is 134 Å². The van der Waals surface area contributed by atoms with Crippen LogP contribution in [0.5, 0.6) is 0 Å². The number of methoxy groups -OCH3 is 1. The van der Waals surface area contributed by atoms with Gasteiger partial charge in [0, 0.05) is 35.2 Å².